The highest BCUT2D eigenvalue weighted by molar-refractivity contribution is 5.63. The number of benzene rings is 2. The van der Waals surface area contributed by atoms with E-state index in [-0.39, 0.29) is 17.1 Å². The average Bonchev–Trinajstić information content (AvgIpc) is 2.57. The lowest BCUT2D eigenvalue weighted by molar-refractivity contribution is -0.274. The Hall–Kier alpha value is -3.09. The molecule has 3 nitrogen and oxygen atoms in total. The average molecular weight is 363 g/mol. The monoisotopic (exact) mass is 363 g/mol. The highest BCUT2D eigenvalue weighted by Crippen LogP contribution is 2.25. The third-order valence-electron chi connectivity index (χ3n) is 3.72. The minimum Gasteiger partial charge on any atom is -0.406 e. The van der Waals surface area contributed by atoms with Gasteiger partial charge in [0.15, 0.2) is 0 Å². The van der Waals surface area contributed by atoms with E-state index < -0.39 is 6.36 Å². The zero-order valence-corrected chi connectivity index (χ0v) is 13.5. The van der Waals surface area contributed by atoms with Crippen LogP contribution in [0.1, 0.15) is 5.56 Å². The quantitative estimate of drug-likeness (QED) is 0.623. The van der Waals surface area contributed by atoms with Crippen LogP contribution in [0.5, 0.6) is 5.75 Å². The van der Waals surface area contributed by atoms with E-state index >= 15 is 0 Å². The number of aromatic nitrogens is 1. The lowest BCUT2D eigenvalue weighted by Gasteiger charge is -2.12. The Morgan fingerprint density at radius 2 is 1.54 bits per heavy atom. The largest absolute Gasteiger partial charge is 0.573 e. The van der Waals surface area contributed by atoms with Gasteiger partial charge in [0.05, 0.1) is 0 Å². The van der Waals surface area contributed by atoms with Crippen molar-refractivity contribution in [2.24, 2.45) is 0 Å². The summed E-state index contributed by atoms with van der Waals surface area (Å²) in [6.07, 6.45) is -3.22. The fraction of sp³-hybridized carbons (Fsp3) is 0.105. The Balaban J connectivity index is 2.02. The van der Waals surface area contributed by atoms with E-state index in [1.807, 2.05) is 0 Å². The number of pyridine rings is 1. The molecule has 134 valence electrons. The zero-order valence-electron chi connectivity index (χ0n) is 13.5. The second-order valence-corrected chi connectivity index (χ2v) is 5.64. The number of halogens is 4. The molecule has 0 fully saturated rings. The van der Waals surface area contributed by atoms with Crippen molar-refractivity contribution in [3.8, 4) is 22.6 Å². The minimum absolute atomic E-state index is 0.305. The van der Waals surface area contributed by atoms with E-state index in [0.29, 0.717) is 22.4 Å². The van der Waals surface area contributed by atoms with Gasteiger partial charge in [-0.3, -0.25) is 9.36 Å². The number of hydrogen-bond donors (Lipinski definition) is 0. The van der Waals surface area contributed by atoms with Gasteiger partial charge in [0.25, 0.3) is 5.56 Å². The van der Waals surface area contributed by atoms with Gasteiger partial charge in [-0.25, -0.2) is 4.39 Å². The van der Waals surface area contributed by atoms with Crippen molar-refractivity contribution in [3.05, 3.63) is 82.5 Å². The molecule has 0 bridgehead atoms. The summed E-state index contributed by atoms with van der Waals surface area (Å²) in [6, 6.07) is 12.4. The van der Waals surface area contributed by atoms with Crippen LogP contribution in [0.15, 0.2) is 65.6 Å². The Kier molecular flexibility index (Phi) is 4.54. The lowest BCUT2D eigenvalue weighted by atomic mass is 10.1. The predicted octanol–water partition coefficient (Wildman–Crippen LogP) is 4.85. The van der Waals surface area contributed by atoms with E-state index in [2.05, 4.69) is 4.74 Å². The summed E-state index contributed by atoms with van der Waals surface area (Å²) in [4.78, 5) is 12.4. The molecule has 0 unspecified atom stereocenters. The van der Waals surface area contributed by atoms with E-state index in [0.717, 1.165) is 12.1 Å². The smallest absolute Gasteiger partial charge is 0.406 e. The number of rotatable bonds is 3. The summed E-state index contributed by atoms with van der Waals surface area (Å²) in [6.45, 7) is 1.63. The van der Waals surface area contributed by atoms with Crippen molar-refractivity contribution in [2.75, 3.05) is 0 Å². The maximum atomic E-state index is 13.1. The van der Waals surface area contributed by atoms with E-state index in [1.54, 1.807) is 31.3 Å². The molecule has 0 radical (unpaired) electrons. The maximum absolute atomic E-state index is 13.1. The molecule has 0 atom stereocenters. The molecule has 0 saturated carbocycles. The third kappa shape index (κ3) is 3.93. The molecule has 0 aliphatic carbocycles. The molecular weight excluding hydrogens is 350 g/mol. The van der Waals surface area contributed by atoms with Gasteiger partial charge < -0.3 is 4.74 Å². The fourth-order valence-electron chi connectivity index (χ4n) is 2.52. The van der Waals surface area contributed by atoms with Crippen molar-refractivity contribution in [2.45, 2.75) is 13.3 Å². The van der Waals surface area contributed by atoms with Gasteiger partial charge in [-0.1, -0.05) is 12.1 Å². The number of hydrogen-bond acceptors (Lipinski definition) is 2. The molecular formula is C19H13F4NO2. The molecule has 3 aromatic rings. The van der Waals surface area contributed by atoms with Gasteiger partial charge in [-0.05, 0) is 60.5 Å². The highest BCUT2D eigenvalue weighted by Gasteiger charge is 2.31. The predicted molar refractivity (Wildman–Crippen MR) is 88.9 cm³/mol. The Morgan fingerprint density at radius 1 is 0.923 bits per heavy atom. The second-order valence-electron chi connectivity index (χ2n) is 5.64. The molecule has 26 heavy (non-hydrogen) atoms. The number of ether oxygens (including phenoxy) is 1. The van der Waals surface area contributed by atoms with Crippen LogP contribution in [0.3, 0.4) is 0 Å². The van der Waals surface area contributed by atoms with E-state index in [4.69, 9.17) is 0 Å². The van der Waals surface area contributed by atoms with Gasteiger partial charge in [0.2, 0.25) is 0 Å². The van der Waals surface area contributed by atoms with Crippen LogP contribution in [0.4, 0.5) is 17.6 Å². The molecule has 0 amide bonds. The SMILES string of the molecule is Cc1cc(-c2ccc(F)cc2)cn(-c2ccc(OC(F)(F)F)cc2)c1=O. The maximum Gasteiger partial charge on any atom is 0.573 e. The van der Waals surface area contributed by atoms with Crippen molar-refractivity contribution in [3.63, 3.8) is 0 Å². The molecule has 7 heteroatoms. The molecule has 1 aromatic heterocycles. The fourth-order valence-corrected chi connectivity index (χ4v) is 2.52. The van der Waals surface area contributed by atoms with Crippen LogP contribution in [0, 0.1) is 12.7 Å². The van der Waals surface area contributed by atoms with Gasteiger partial charge in [0.1, 0.15) is 11.6 Å². The summed E-state index contributed by atoms with van der Waals surface area (Å²) in [5.74, 6) is -0.750. The van der Waals surface area contributed by atoms with Crippen LogP contribution in [-0.4, -0.2) is 10.9 Å². The first kappa shape index (κ1) is 17.7. The van der Waals surface area contributed by atoms with Crippen LogP contribution in [-0.2, 0) is 0 Å². The molecule has 3 rings (SSSR count). The van der Waals surface area contributed by atoms with Gasteiger partial charge in [0, 0.05) is 17.4 Å². The van der Waals surface area contributed by atoms with Gasteiger partial charge in [-0.2, -0.15) is 0 Å². The topological polar surface area (TPSA) is 31.2 Å². The molecule has 2 aromatic carbocycles. The number of alkyl halides is 3. The summed E-state index contributed by atoms with van der Waals surface area (Å²) < 4.78 is 55.0. The van der Waals surface area contributed by atoms with Crippen molar-refractivity contribution < 1.29 is 22.3 Å². The van der Waals surface area contributed by atoms with Gasteiger partial charge >= 0.3 is 6.36 Å². The van der Waals surface area contributed by atoms with Crippen molar-refractivity contribution in [1.29, 1.82) is 0 Å². The number of nitrogens with zero attached hydrogens (tertiary/aromatic N) is 1. The van der Waals surface area contributed by atoms with Crippen molar-refractivity contribution in [1.82, 2.24) is 4.57 Å². The Labute approximate surface area is 146 Å². The standard InChI is InChI=1S/C19H13F4NO2/c1-12-10-14(13-2-4-15(20)5-3-13)11-24(18(12)25)16-6-8-17(9-7-16)26-19(21,22)23/h2-11H,1H3. The van der Waals surface area contributed by atoms with Crippen molar-refractivity contribution >= 4 is 0 Å². The molecule has 1 heterocycles. The lowest BCUT2D eigenvalue weighted by Crippen LogP contribution is -2.20. The Morgan fingerprint density at radius 3 is 2.12 bits per heavy atom. The Bertz CT molecular complexity index is 974. The normalized spacial score (nSPS) is 11.4. The summed E-state index contributed by atoms with van der Waals surface area (Å²) in [5.41, 5.74) is 1.91. The summed E-state index contributed by atoms with van der Waals surface area (Å²) in [5, 5.41) is 0. The first-order chi connectivity index (χ1) is 12.2. The minimum atomic E-state index is -4.78. The molecule has 0 saturated heterocycles. The molecule has 0 spiro atoms. The molecule has 0 aliphatic heterocycles. The second kappa shape index (κ2) is 6.67. The van der Waals surface area contributed by atoms with E-state index in [9.17, 15) is 22.4 Å². The van der Waals surface area contributed by atoms with E-state index in [1.165, 1.54) is 28.8 Å². The molecule has 0 N–H and O–H groups in total. The zero-order chi connectivity index (χ0) is 18.9. The van der Waals surface area contributed by atoms with Crippen LogP contribution < -0.4 is 10.3 Å². The first-order valence-electron chi connectivity index (χ1n) is 7.58. The van der Waals surface area contributed by atoms with Crippen LogP contribution in [0.2, 0.25) is 0 Å². The molecule has 0 aliphatic rings. The van der Waals surface area contributed by atoms with Gasteiger partial charge in [-0.15, -0.1) is 13.2 Å². The highest BCUT2D eigenvalue weighted by atomic mass is 19.4. The van der Waals surface area contributed by atoms with Crippen LogP contribution in [0.25, 0.3) is 16.8 Å². The summed E-state index contributed by atoms with van der Waals surface area (Å²) >= 11 is 0. The van der Waals surface area contributed by atoms with Crippen LogP contribution >= 0.6 is 0 Å². The third-order valence-corrected chi connectivity index (χ3v) is 3.72. The summed E-state index contributed by atoms with van der Waals surface area (Å²) in [7, 11) is 0. The number of aryl methyl sites for hydroxylation is 1. The first-order valence-corrected chi connectivity index (χ1v) is 7.58.